The van der Waals surface area contributed by atoms with Crippen LogP contribution in [0, 0.1) is 0 Å². The third-order valence-electron chi connectivity index (χ3n) is 3.84. The van der Waals surface area contributed by atoms with Crippen LogP contribution in [0.1, 0.15) is 30.1 Å². The maximum absolute atomic E-state index is 12.0. The van der Waals surface area contributed by atoms with Gasteiger partial charge in [-0.25, -0.2) is 4.79 Å². The highest BCUT2D eigenvalue weighted by molar-refractivity contribution is 6.00. The number of benzene rings is 1. The van der Waals surface area contributed by atoms with Crippen LogP contribution in [-0.4, -0.2) is 43.6 Å². The fourth-order valence-electron chi connectivity index (χ4n) is 2.67. The normalized spacial score (nSPS) is 20.4. The summed E-state index contributed by atoms with van der Waals surface area (Å²) in [6, 6.07) is 5.10. The van der Waals surface area contributed by atoms with Gasteiger partial charge in [-0.2, -0.15) is 0 Å². The summed E-state index contributed by atoms with van der Waals surface area (Å²) in [7, 11) is 0. The number of hydrogen-bond acceptors (Lipinski definition) is 5. The molecule has 3 rings (SSSR count). The van der Waals surface area contributed by atoms with Crippen LogP contribution < -0.4 is 15.0 Å². The van der Waals surface area contributed by atoms with E-state index in [1.165, 1.54) is 11.8 Å². The predicted octanol–water partition coefficient (Wildman–Crippen LogP) is 1.50. The maximum Gasteiger partial charge on any atom is 0.414 e. The minimum Gasteiger partial charge on any atom is -0.493 e. The molecule has 1 N–H and O–H groups in total. The molecule has 2 aliphatic heterocycles. The lowest BCUT2D eigenvalue weighted by molar-refractivity contribution is -0.119. The van der Waals surface area contributed by atoms with E-state index in [1.807, 2.05) is 0 Å². The summed E-state index contributed by atoms with van der Waals surface area (Å²) in [6.45, 7) is 2.51. The van der Waals surface area contributed by atoms with E-state index in [0.29, 0.717) is 43.0 Å². The number of amides is 2. The van der Waals surface area contributed by atoms with Crippen LogP contribution in [0.4, 0.5) is 10.5 Å². The van der Waals surface area contributed by atoms with Gasteiger partial charge in [0.1, 0.15) is 11.9 Å². The molecular weight excluding hydrogens is 300 g/mol. The Morgan fingerprint density at radius 1 is 1.39 bits per heavy atom. The number of rotatable bonds is 3. The average molecular weight is 318 g/mol. The molecule has 1 fully saturated rings. The first kappa shape index (κ1) is 15.3. The summed E-state index contributed by atoms with van der Waals surface area (Å²) in [4.78, 5) is 36.4. The van der Waals surface area contributed by atoms with Crippen LogP contribution in [0.15, 0.2) is 18.2 Å². The lowest BCUT2D eigenvalue weighted by atomic mass is 10.1. The van der Waals surface area contributed by atoms with E-state index in [2.05, 4.69) is 5.32 Å². The third-order valence-corrected chi connectivity index (χ3v) is 3.84. The Labute approximate surface area is 133 Å². The number of carbonyl (C=O) groups excluding carboxylic acids is 3. The molecule has 1 atom stereocenters. The van der Waals surface area contributed by atoms with E-state index in [4.69, 9.17) is 9.47 Å². The highest BCUT2D eigenvalue weighted by atomic mass is 16.6. The molecular formula is C16H18N2O5. The Morgan fingerprint density at radius 3 is 3.00 bits per heavy atom. The zero-order chi connectivity index (χ0) is 16.4. The molecule has 2 heterocycles. The molecule has 2 aliphatic rings. The molecule has 1 unspecified atom stereocenters. The highest BCUT2D eigenvalue weighted by Gasteiger charge is 2.33. The lowest BCUT2D eigenvalue weighted by Crippen LogP contribution is -2.33. The third kappa shape index (κ3) is 3.28. The SMILES string of the molecule is CC(=O)NCC1CN(c2ccc3c(c2)OCCCC3=O)C(=O)O1. The van der Waals surface area contributed by atoms with Gasteiger partial charge >= 0.3 is 6.09 Å². The number of carbonyl (C=O) groups is 3. The molecule has 1 saturated heterocycles. The number of hydrogen-bond donors (Lipinski definition) is 1. The van der Waals surface area contributed by atoms with Crippen LogP contribution >= 0.6 is 0 Å². The Balaban J connectivity index is 1.77. The fourth-order valence-corrected chi connectivity index (χ4v) is 2.67. The molecule has 0 bridgehead atoms. The Bertz CT molecular complexity index is 658. The average Bonchev–Trinajstić information content (AvgIpc) is 2.79. The first-order chi connectivity index (χ1) is 11.0. The fraction of sp³-hybridized carbons (Fsp3) is 0.438. The molecule has 1 aromatic rings. The van der Waals surface area contributed by atoms with Gasteiger partial charge < -0.3 is 14.8 Å². The van der Waals surface area contributed by atoms with Gasteiger partial charge in [0.2, 0.25) is 5.91 Å². The molecule has 1 aromatic carbocycles. The second-order valence-electron chi connectivity index (χ2n) is 5.61. The van der Waals surface area contributed by atoms with E-state index in [1.54, 1.807) is 18.2 Å². The summed E-state index contributed by atoms with van der Waals surface area (Å²) >= 11 is 0. The van der Waals surface area contributed by atoms with Crippen LogP contribution in [0.5, 0.6) is 5.75 Å². The first-order valence-corrected chi connectivity index (χ1v) is 7.57. The van der Waals surface area contributed by atoms with Gasteiger partial charge in [-0.1, -0.05) is 0 Å². The summed E-state index contributed by atoms with van der Waals surface area (Å²) in [5.74, 6) is 0.385. The van der Waals surface area contributed by atoms with Crippen LogP contribution in [0.2, 0.25) is 0 Å². The molecule has 7 nitrogen and oxygen atoms in total. The molecule has 2 amide bonds. The monoisotopic (exact) mass is 318 g/mol. The number of nitrogens with one attached hydrogen (secondary N) is 1. The Kier molecular flexibility index (Phi) is 4.18. The molecule has 0 aliphatic carbocycles. The van der Waals surface area contributed by atoms with E-state index < -0.39 is 12.2 Å². The van der Waals surface area contributed by atoms with Crippen molar-refractivity contribution in [2.45, 2.75) is 25.9 Å². The van der Waals surface area contributed by atoms with Crippen molar-refractivity contribution in [1.29, 1.82) is 0 Å². The van der Waals surface area contributed by atoms with Crippen molar-refractivity contribution >= 4 is 23.5 Å². The number of ether oxygens (including phenoxy) is 2. The first-order valence-electron chi connectivity index (χ1n) is 7.57. The van der Waals surface area contributed by atoms with Crippen LogP contribution in [0.25, 0.3) is 0 Å². The smallest absolute Gasteiger partial charge is 0.414 e. The summed E-state index contributed by atoms with van der Waals surface area (Å²) < 4.78 is 10.8. The molecule has 0 radical (unpaired) electrons. The van der Waals surface area contributed by atoms with E-state index in [9.17, 15) is 14.4 Å². The van der Waals surface area contributed by atoms with Crippen molar-refractivity contribution in [2.75, 3.05) is 24.6 Å². The molecule has 23 heavy (non-hydrogen) atoms. The second kappa shape index (κ2) is 6.28. The van der Waals surface area contributed by atoms with Gasteiger partial charge in [0, 0.05) is 19.4 Å². The van der Waals surface area contributed by atoms with Gasteiger partial charge in [-0.05, 0) is 18.6 Å². The number of ketones is 1. The summed E-state index contributed by atoms with van der Waals surface area (Å²) in [5, 5.41) is 2.63. The maximum atomic E-state index is 12.0. The van der Waals surface area contributed by atoms with Crippen molar-refractivity contribution in [2.24, 2.45) is 0 Å². The Morgan fingerprint density at radius 2 is 2.22 bits per heavy atom. The minimum atomic E-state index is -0.472. The van der Waals surface area contributed by atoms with Gasteiger partial charge in [-0.3, -0.25) is 14.5 Å². The van der Waals surface area contributed by atoms with Crippen LogP contribution in [-0.2, 0) is 9.53 Å². The van der Waals surface area contributed by atoms with E-state index in [-0.39, 0.29) is 18.2 Å². The van der Waals surface area contributed by atoms with Gasteiger partial charge in [0.05, 0.1) is 30.9 Å². The number of nitrogens with zero attached hydrogens (tertiary/aromatic N) is 1. The number of cyclic esters (lactones) is 1. The van der Waals surface area contributed by atoms with Crippen molar-refractivity contribution in [3.05, 3.63) is 23.8 Å². The number of fused-ring (bicyclic) bond motifs is 1. The second-order valence-corrected chi connectivity index (χ2v) is 5.61. The zero-order valence-electron chi connectivity index (χ0n) is 12.8. The molecule has 7 heteroatoms. The standard InChI is InChI=1S/C16H18N2O5/c1-10(19)17-8-12-9-18(16(21)23-12)11-4-5-13-14(20)3-2-6-22-15(13)7-11/h4-5,7,12H,2-3,6,8-9H2,1H3,(H,17,19). The van der Waals surface area contributed by atoms with Crippen LogP contribution in [0.3, 0.4) is 0 Å². The van der Waals surface area contributed by atoms with Crippen molar-refractivity contribution < 1.29 is 23.9 Å². The van der Waals surface area contributed by atoms with Crippen molar-refractivity contribution in [3.8, 4) is 5.75 Å². The van der Waals surface area contributed by atoms with E-state index >= 15 is 0 Å². The molecule has 0 saturated carbocycles. The number of anilines is 1. The van der Waals surface area contributed by atoms with Crippen molar-refractivity contribution in [1.82, 2.24) is 5.32 Å². The van der Waals surface area contributed by atoms with Gasteiger partial charge in [0.25, 0.3) is 0 Å². The van der Waals surface area contributed by atoms with Crippen molar-refractivity contribution in [3.63, 3.8) is 0 Å². The highest BCUT2D eigenvalue weighted by Crippen LogP contribution is 2.31. The zero-order valence-corrected chi connectivity index (χ0v) is 12.8. The molecule has 0 aromatic heterocycles. The minimum absolute atomic E-state index is 0.0524. The van der Waals surface area contributed by atoms with E-state index in [0.717, 1.165) is 0 Å². The topological polar surface area (TPSA) is 84.9 Å². The summed E-state index contributed by atoms with van der Waals surface area (Å²) in [5.41, 5.74) is 1.17. The quantitative estimate of drug-likeness (QED) is 0.913. The van der Waals surface area contributed by atoms with Gasteiger partial charge in [0.15, 0.2) is 5.78 Å². The van der Waals surface area contributed by atoms with Gasteiger partial charge in [-0.15, -0.1) is 0 Å². The number of Topliss-reactive ketones (excluding diaryl/α,β-unsaturated/α-hetero) is 1. The molecule has 0 spiro atoms. The Hall–Kier alpha value is -2.57. The largest absolute Gasteiger partial charge is 0.493 e. The predicted molar refractivity (Wildman–Crippen MR) is 81.8 cm³/mol. The lowest BCUT2D eigenvalue weighted by Gasteiger charge is -2.15. The summed E-state index contributed by atoms with van der Waals surface area (Å²) in [6.07, 6.45) is 0.289. The molecule has 122 valence electrons.